The summed E-state index contributed by atoms with van der Waals surface area (Å²) < 4.78 is 14.6. The van der Waals surface area contributed by atoms with Gasteiger partial charge in [0, 0.05) is 24.6 Å². The highest BCUT2D eigenvalue weighted by Gasteiger charge is 2.48. The van der Waals surface area contributed by atoms with Crippen LogP contribution in [0.15, 0.2) is 12.3 Å². The highest BCUT2D eigenvalue weighted by molar-refractivity contribution is 7.90. The zero-order valence-corrected chi connectivity index (χ0v) is 13.9. The molecular weight excluding hydrogens is 270 g/mol. The molecule has 0 aliphatic heterocycles. The van der Waals surface area contributed by atoms with Crippen molar-refractivity contribution in [1.29, 1.82) is 0 Å². The van der Waals surface area contributed by atoms with E-state index >= 15 is 0 Å². The van der Waals surface area contributed by atoms with E-state index in [4.69, 9.17) is 5.73 Å². The van der Waals surface area contributed by atoms with Crippen LogP contribution in [0.4, 0.5) is 5.82 Å². The molecule has 1 heterocycles. The molecule has 2 N–H and O–H groups in total. The summed E-state index contributed by atoms with van der Waals surface area (Å²) in [6.07, 6.45) is 4.74. The number of aryl methyl sites for hydroxylation is 1. The van der Waals surface area contributed by atoms with Gasteiger partial charge < -0.3 is 10.3 Å². The van der Waals surface area contributed by atoms with Crippen LogP contribution in [0.1, 0.15) is 51.7 Å². The summed E-state index contributed by atoms with van der Waals surface area (Å²) in [4.78, 5) is 4.19. The van der Waals surface area contributed by atoms with Crippen LogP contribution in [-0.2, 0) is 23.3 Å². The predicted molar refractivity (Wildman–Crippen MR) is 84.6 cm³/mol. The van der Waals surface area contributed by atoms with E-state index in [-0.39, 0.29) is 10.3 Å². The fraction of sp³-hybridized carbons (Fsp3) is 0.667. The van der Waals surface area contributed by atoms with Gasteiger partial charge in [-0.1, -0.05) is 6.92 Å². The Hall–Kier alpha value is -0.780. The number of hydrogen-bond donors (Lipinski definition) is 1. The summed E-state index contributed by atoms with van der Waals surface area (Å²) in [7, 11) is 1.97. The lowest BCUT2D eigenvalue weighted by Crippen LogP contribution is -2.51. The van der Waals surface area contributed by atoms with Crippen molar-refractivity contribution < 1.29 is 4.55 Å². The Labute approximate surface area is 125 Å². The molecule has 2 unspecified atom stereocenters. The summed E-state index contributed by atoms with van der Waals surface area (Å²) in [6, 6.07) is 1.96. The van der Waals surface area contributed by atoms with Crippen molar-refractivity contribution in [2.75, 3.05) is 12.8 Å². The lowest BCUT2D eigenvalue weighted by molar-refractivity contribution is 0.204. The topological polar surface area (TPSA) is 65.2 Å². The average Bonchev–Trinajstić information content (AvgIpc) is 2.75. The van der Waals surface area contributed by atoms with Crippen LogP contribution in [0.3, 0.4) is 0 Å². The van der Waals surface area contributed by atoms with Gasteiger partial charge in [0.25, 0.3) is 0 Å². The Morgan fingerprint density at radius 2 is 2.15 bits per heavy atom. The molecule has 1 aromatic heterocycles. The van der Waals surface area contributed by atoms with Crippen LogP contribution in [-0.4, -0.2) is 25.6 Å². The molecule has 1 aromatic rings. The van der Waals surface area contributed by atoms with Gasteiger partial charge >= 0.3 is 0 Å². The third-order valence-electron chi connectivity index (χ3n) is 4.28. The quantitative estimate of drug-likeness (QED) is 0.871. The van der Waals surface area contributed by atoms with E-state index in [1.165, 1.54) is 11.1 Å². The number of nitrogens with two attached hydrogens (primary N) is 1. The van der Waals surface area contributed by atoms with Gasteiger partial charge in [0.05, 0.1) is 5.54 Å². The smallest absolute Gasteiger partial charge is 0.137 e. The first-order valence-electron chi connectivity index (χ1n) is 7.13. The molecule has 4 nitrogen and oxygen atoms in total. The number of rotatable bonds is 3. The fourth-order valence-electron chi connectivity index (χ4n) is 3.09. The second kappa shape index (κ2) is 5.20. The molecular formula is C15H25N3OS. The van der Waals surface area contributed by atoms with Gasteiger partial charge in [-0.05, 0) is 57.2 Å². The SMILES string of the molecule is CCC1(N(C)[S+]([O-])C(C)(C)C)CCc2cnc(N)cc21. The third-order valence-corrected chi connectivity index (χ3v) is 6.17. The van der Waals surface area contributed by atoms with Gasteiger partial charge in [-0.25, -0.2) is 4.98 Å². The Balaban J connectivity index is 2.45. The van der Waals surface area contributed by atoms with Crippen LogP contribution >= 0.6 is 0 Å². The first kappa shape index (κ1) is 15.6. The van der Waals surface area contributed by atoms with Crippen molar-refractivity contribution >= 4 is 17.2 Å². The Kier molecular flexibility index (Phi) is 4.06. The van der Waals surface area contributed by atoms with E-state index in [0.29, 0.717) is 5.82 Å². The minimum Gasteiger partial charge on any atom is -0.597 e. The largest absolute Gasteiger partial charge is 0.597 e. The molecule has 2 atom stereocenters. The molecule has 5 heteroatoms. The van der Waals surface area contributed by atoms with Crippen LogP contribution in [0.5, 0.6) is 0 Å². The zero-order valence-electron chi connectivity index (χ0n) is 13.1. The minimum atomic E-state index is -1.05. The maximum atomic E-state index is 12.8. The second-order valence-corrected chi connectivity index (χ2v) is 8.78. The Morgan fingerprint density at radius 3 is 2.70 bits per heavy atom. The fourth-order valence-corrected chi connectivity index (χ4v) is 4.55. The molecule has 1 aliphatic carbocycles. The van der Waals surface area contributed by atoms with E-state index in [2.05, 4.69) is 11.9 Å². The standard InChI is InChI=1S/C15H25N3OS/c1-6-15(18(5)20(19)14(2,3)4)8-7-11-10-17-13(16)9-12(11)15/h9-10H,6-8H2,1-5H3,(H2,16,17). The monoisotopic (exact) mass is 295 g/mol. The number of hydrogen-bond acceptors (Lipinski definition) is 4. The minimum absolute atomic E-state index is 0.190. The zero-order chi connectivity index (χ0) is 15.1. The Bertz CT molecular complexity index is 500. The molecule has 0 fully saturated rings. The van der Waals surface area contributed by atoms with Gasteiger partial charge in [0.2, 0.25) is 0 Å². The molecule has 0 aromatic carbocycles. The summed E-state index contributed by atoms with van der Waals surface area (Å²) in [5.41, 5.74) is 8.11. The van der Waals surface area contributed by atoms with Crippen molar-refractivity contribution in [1.82, 2.24) is 9.29 Å². The van der Waals surface area contributed by atoms with Crippen molar-refractivity contribution in [3.05, 3.63) is 23.4 Å². The number of aromatic nitrogens is 1. The summed E-state index contributed by atoms with van der Waals surface area (Å²) in [6.45, 7) is 8.20. The number of nitrogen functional groups attached to an aromatic ring is 1. The Morgan fingerprint density at radius 1 is 1.50 bits per heavy atom. The van der Waals surface area contributed by atoms with Crippen LogP contribution < -0.4 is 5.73 Å². The summed E-state index contributed by atoms with van der Waals surface area (Å²) >= 11 is -1.05. The highest BCUT2D eigenvalue weighted by atomic mass is 32.2. The van der Waals surface area contributed by atoms with Crippen molar-refractivity contribution in [3.63, 3.8) is 0 Å². The van der Waals surface area contributed by atoms with Crippen molar-refractivity contribution in [2.45, 2.75) is 57.2 Å². The van der Waals surface area contributed by atoms with Crippen LogP contribution in [0, 0.1) is 0 Å². The van der Waals surface area contributed by atoms with Gasteiger partial charge in [-0.3, -0.25) is 0 Å². The second-order valence-electron chi connectivity index (χ2n) is 6.51. The molecule has 112 valence electrons. The average molecular weight is 295 g/mol. The van der Waals surface area contributed by atoms with Crippen molar-refractivity contribution in [2.24, 2.45) is 0 Å². The lowest BCUT2D eigenvalue weighted by Gasteiger charge is -2.42. The number of pyridine rings is 1. The van der Waals surface area contributed by atoms with E-state index in [1.54, 1.807) is 0 Å². The highest BCUT2D eigenvalue weighted by Crippen LogP contribution is 2.46. The first-order chi connectivity index (χ1) is 9.22. The van der Waals surface area contributed by atoms with Gasteiger partial charge in [-0.15, -0.1) is 4.31 Å². The molecule has 2 rings (SSSR count). The van der Waals surface area contributed by atoms with Crippen LogP contribution in [0.2, 0.25) is 0 Å². The molecule has 0 radical (unpaired) electrons. The maximum Gasteiger partial charge on any atom is 0.137 e. The molecule has 20 heavy (non-hydrogen) atoms. The third kappa shape index (κ3) is 2.43. The van der Waals surface area contributed by atoms with E-state index in [9.17, 15) is 4.55 Å². The number of anilines is 1. The van der Waals surface area contributed by atoms with Crippen molar-refractivity contribution in [3.8, 4) is 0 Å². The molecule has 0 amide bonds. The molecule has 0 bridgehead atoms. The first-order valence-corrected chi connectivity index (χ1v) is 8.24. The van der Waals surface area contributed by atoms with Gasteiger partial charge in [-0.2, -0.15) is 0 Å². The molecule has 0 spiro atoms. The summed E-state index contributed by atoms with van der Waals surface area (Å²) in [5.74, 6) is 0.540. The van der Waals surface area contributed by atoms with Crippen LogP contribution in [0.25, 0.3) is 0 Å². The van der Waals surface area contributed by atoms with E-state index < -0.39 is 11.4 Å². The molecule has 0 saturated carbocycles. The number of fused-ring (bicyclic) bond motifs is 1. The normalized spacial score (nSPS) is 23.9. The molecule has 0 saturated heterocycles. The predicted octanol–water partition coefficient (Wildman–Crippen LogP) is 2.61. The van der Waals surface area contributed by atoms with E-state index in [0.717, 1.165) is 19.3 Å². The maximum absolute atomic E-state index is 12.8. The van der Waals surface area contributed by atoms with E-state index in [1.807, 2.05) is 44.4 Å². The van der Waals surface area contributed by atoms with Gasteiger partial charge in [0.1, 0.15) is 10.6 Å². The van der Waals surface area contributed by atoms with Gasteiger partial charge in [0.15, 0.2) is 0 Å². The lowest BCUT2D eigenvalue weighted by atomic mass is 9.89. The summed E-state index contributed by atoms with van der Waals surface area (Å²) in [5, 5.41) is 0. The molecule has 1 aliphatic rings. The number of nitrogens with zero attached hydrogens (tertiary/aromatic N) is 2.